The number of nitrogens with zero attached hydrogens (tertiary/aromatic N) is 2. The van der Waals surface area contributed by atoms with Crippen molar-refractivity contribution < 1.29 is 0 Å². The highest BCUT2D eigenvalue weighted by Crippen LogP contribution is 2.14. The summed E-state index contributed by atoms with van der Waals surface area (Å²) in [4.78, 5) is 0. The molecule has 0 aliphatic rings. The van der Waals surface area contributed by atoms with Crippen LogP contribution in [0.4, 0.5) is 0 Å². The number of nitrogens with two attached hydrogens (primary N) is 1. The lowest BCUT2D eigenvalue weighted by Crippen LogP contribution is -2.17. The summed E-state index contributed by atoms with van der Waals surface area (Å²) in [5.74, 6) is 0. The normalized spacial score (nSPS) is 12.6. The number of hydrogen-bond acceptors (Lipinski definition) is 2. The Hall–Kier alpha value is -1.61. The summed E-state index contributed by atoms with van der Waals surface area (Å²) >= 11 is 0. The summed E-state index contributed by atoms with van der Waals surface area (Å²) in [6.07, 6.45) is 4.93. The molecule has 0 amide bonds. The van der Waals surface area contributed by atoms with E-state index in [1.165, 1.54) is 11.1 Å². The van der Waals surface area contributed by atoms with Gasteiger partial charge in [0.25, 0.3) is 0 Å². The van der Waals surface area contributed by atoms with Gasteiger partial charge in [-0.3, -0.25) is 4.68 Å². The van der Waals surface area contributed by atoms with Gasteiger partial charge >= 0.3 is 0 Å². The van der Waals surface area contributed by atoms with E-state index in [0.29, 0.717) is 0 Å². The SMILES string of the molecule is CCc1ccc(C(N)Cn2cc(C)cn2)cc1. The second-order valence-corrected chi connectivity index (χ2v) is 4.44. The standard InChI is InChI=1S/C14H19N3/c1-3-12-4-6-13(7-5-12)14(15)10-17-9-11(2)8-16-17/h4-9,14H,3,10,15H2,1-2H3. The van der Waals surface area contributed by atoms with Crippen LogP contribution < -0.4 is 5.73 Å². The lowest BCUT2D eigenvalue weighted by atomic mass is 10.0. The van der Waals surface area contributed by atoms with E-state index in [1.807, 2.05) is 24.0 Å². The first-order valence-corrected chi connectivity index (χ1v) is 6.02. The smallest absolute Gasteiger partial charge is 0.0602 e. The van der Waals surface area contributed by atoms with Crippen LogP contribution in [0.2, 0.25) is 0 Å². The van der Waals surface area contributed by atoms with E-state index in [-0.39, 0.29) is 6.04 Å². The largest absolute Gasteiger partial charge is 0.322 e. The van der Waals surface area contributed by atoms with Crippen LogP contribution in [0.15, 0.2) is 36.7 Å². The van der Waals surface area contributed by atoms with Gasteiger partial charge in [0.1, 0.15) is 0 Å². The fourth-order valence-electron chi connectivity index (χ4n) is 1.87. The van der Waals surface area contributed by atoms with Crippen LogP contribution in [0.1, 0.15) is 29.7 Å². The van der Waals surface area contributed by atoms with Crippen molar-refractivity contribution in [1.29, 1.82) is 0 Å². The van der Waals surface area contributed by atoms with E-state index in [2.05, 4.69) is 36.3 Å². The van der Waals surface area contributed by atoms with Gasteiger partial charge < -0.3 is 5.73 Å². The van der Waals surface area contributed by atoms with Crippen molar-refractivity contribution in [3.05, 3.63) is 53.3 Å². The fourth-order valence-corrected chi connectivity index (χ4v) is 1.87. The summed E-state index contributed by atoms with van der Waals surface area (Å²) in [5.41, 5.74) is 9.84. The molecule has 1 aromatic carbocycles. The third-order valence-corrected chi connectivity index (χ3v) is 2.96. The average Bonchev–Trinajstić information content (AvgIpc) is 2.75. The Bertz CT molecular complexity index is 470. The van der Waals surface area contributed by atoms with Gasteiger partial charge in [-0.15, -0.1) is 0 Å². The molecule has 1 heterocycles. The molecule has 2 N–H and O–H groups in total. The van der Waals surface area contributed by atoms with Gasteiger partial charge in [0.2, 0.25) is 0 Å². The monoisotopic (exact) mass is 229 g/mol. The van der Waals surface area contributed by atoms with Gasteiger partial charge in [-0.05, 0) is 30.0 Å². The van der Waals surface area contributed by atoms with Gasteiger partial charge in [-0.25, -0.2) is 0 Å². The Morgan fingerprint density at radius 3 is 2.53 bits per heavy atom. The third kappa shape index (κ3) is 2.94. The fraction of sp³-hybridized carbons (Fsp3) is 0.357. The Labute approximate surface area is 102 Å². The molecular weight excluding hydrogens is 210 g/mol. The summed E-state index contributed by atoms with van der Waals surface area (Å²) < 4.78 is 1.90. The Morgan fingerprint density at radius 1 is 1.29 bits per heavy atom. The molecule has 3 nitrogen and oxygen atoms in total. The maximum atomic E-state index is 6.17. The van der Waals surface area contributed by atoms with Crippen molar-refractivity contribution in [3.8, 4) is 0 Å². The van der Waals surface area contributed by atoms with Gasteiger partial charge in [0.05, 0.1) is 12.7 Å². The molecule has 1 unspecified atom stereocenters. The van der Waals surface area contributed by atoms with Crippen LogP contribution in [0, 0.1) is 6.92 Å². The lowest BCUT2D eigenvalue weighted by molar-refractivity contribution is 0.527. The maximum absolute atomic E-state index is 6.17. The van der Waals surface area contributed by atoms with E-state index in [9.17, 15) is 0 Å². The lowest BCUT2D eigenvalue weighted by Gasteiger charge is -2.12. The molecule has 17 heavy (non-hydrogen) atoms. The molecule has 1 atom stereocenters. The van der Waals surface area contributed by atoms with Crippen molar-refractivity contribution in [3.63, 3.8) is 0 Å². The molecule has 0 spiro atoms. The van der Waals surface area contributed by atoms with Gasteiger partial charge in [0, 0.05) is 12.2 Å². The van der Waals surface area contributed by atoms with Crippen LogP contribution >= 0.6 is 0 Å². The molecule has 0 aliphatic heterocycles. The molecule has 2 aromatic rings. The van der Waals surface area contributed by atoms with Crippen molar-refractivity contribution >= 4 is 0 Å². The van der Waals surface area contributed by atoms with Crippen molar-refractivity contribution in [2.75, 3.05) is 0 Å². The number of rotatable bonds is 4. The average molecular weight is 229 g/mol. The van der Waals surface area contributed by atoms with Crippen molar-refractivity contribution in [2.24, 2.45) is 5.73 Å². The van der Waals surface area contributed by atoms with Crippen LogP contribution in [-0.4, -0.2) is 9.78 Å². The number of benzene rings is 1. The minimum atomic E-state index is 0.000191. The predicted molar refractivity (Wildman–Crippen MR) is 69.7 cm³/mol. The molecule has 0 aliphatic carbocycles. The van der Waals surface area contributed by atoms with Crippen LogP contribution in [0.3, 0.4) is 0 Å². The minimum absolute atomic E-state index is 0.000191. The highest BCUT2D eigenvalue weighted by Gasteiger charge is 2.07. The second-order valence-electron chi connectivity index (χ2n) is 4.44. The molecule has 3 heteroatoms. The highest BCUT2D eigenvalue weighted by molar-refractivity contribution is 5.24. The number of aromatic nitrogens is 2. The number of aryl methyl sites for hydroxylation is 2. The van der Waals surface area contributed by atoms with E-state index in [0.717, 1.165) is 18.5 Å². The highest BCUT2D eigenvalue weighted by atomic mass is 15.3. The maximum Gasteiger partial charge on any atom is 0.0602 e. The van der Waals surface area contributed by atoms with E-state index >= 15 is 0 Å². The summed E-state index contributed by atoms with van der Waals surface area (Å²) in [5, 5.41) is 4.25. The Balaban J connectivity index is 2.06. The molecule has 0 bridgehead atoms. The van der Waals surface area contributed by atoms with Crippen LogP contribution in [0.25, 0.3) is 0 Å². The van der Waals surface area contributed by atoms with Gasteiger partial charge in [0.15, 0.2) is 0 Å². The Kier molecular flexibility index (Phi) is 3.59. The van der Waals surface area contributed by atoms with Crippen LogP contribution in [-0.2, 0) is 13.0 Å². The molecule has 2 rings (SSSR count). The van der Waals surface area contributed by atoms with Gasteiger partial charge in [-0.1, -0.05) is 31.2 Å². The molecule has 0 radical (unpaired) electrons. The molecule has 0 saturated carbocycles. The zero-order valence-corrected chi connectivity index (χ0v) is 10.4. The summed E-state index contributed by atoms with van der Waals surface area (Å²) in [6.45, 7) is 4.91. The minimum Gasteiger partial charge on any atom is -0.322 e. The zero-order chi connectivity index (χ0) is 12.3. The molecule has 0 saturated heterocycles. The second kappa shape index (κ2) is 5.15. The van der Waals surface area contributed by atoms with Crippen molar-refractivity contribution in [2.45, 2.75) is 32.9 Å². The summed E-state index contributed by atoms with van der Waals surface area (Å²) in [6, 6.07) is 8.51. The summed E-state index contributed by atoms with van der Waals surface area (Å²) in [7, 11) is 0. The zero-order valence-electron chi connectivity index (χ0n) is 10.4. The first kappa shape index (κ1) is 11.9. The quantitative estimate of drug-likeness (QED) is 0.875. The topological polar surface area (TPSA) is 43.8 Å². The van der Waals surface area contributed by atoms with E-state index in [1.54, 1.807) is 0 Å². The molecular formula is C14H19N3. The van der Waals surface area contributed by atoms with Crippen molar-refractivity contribution in [1.82, 2.24) is 9.78 Å². The first-order valence-electron chi connectivity index (χ1n) is 6.02. The predicted octanol–water partition coefficient (Wildman–Crippen LogP) is 2.45. The van der Waals surface area contributed by atoms with E-state index < -0.39 is 0 Å². The van der Waals surface area contributed by atoms with Crippen LogP contribution in [0.5, 0.6) is 0 Å². The van der Waals surface area contributed by atoms with Gasteiger partial charge in [-0.2, -0.15) is 5.10 Å². The Morgan fingerprint density at radius 2 is 2.00 bits per heavy atom. The van der Waals surface area contributed by atoms with E-state index in [4.69, 9.17) is 5.73 Å². The molecule has 1 aromatic heterocycles. The first-order chi connectivity index (χ1) is 8.19. The molecule has 0 fully saturated rings. The number of hydrogen-bond donors (Lipinski definition) is 1. The molecule has 90 valence electrons. The third-order valence-electron chi connectivity index (χ3n) is 2.96.